The zero-order chi connectivity index (χ0) is 27.6. The first-order valence-corrected chi connectivity index (χ1v) is 14.4. The summed E-state index contributed by atoms with van der Waals surface area (Å²) in [6.45, 7) is -0.854. The predicted molar refractivity (Wildman–Crippen MR) is 143 cm³/mol. The van der Waals surface area contributed by atoms with Crippen molar-refractivity contribution in [3.63, 3.8) is 0 Å². The second-order valence-electron chi connectivity index (χ2n) is 8.62. The molecular formula is C23H24ClF2N7O3S2. The standard InChI is InChI=1S/C23H24ClF2N7O3S2/c1-12-3-4-15(16(24)7-12)19-18(13(9-27)10-29-22(25)26)17-8-14(30-23(34)32-38(2,35)36)11-33(17)20(31-19)21-28-5-6-37-21/h3-7,9-10,14,19,22H,8,11,27H2,1-2H3,(H2,30,32,34)/t14?,19-/m0/s1. The number of nitrogens with zero attached hydrogens (tertiary/aromatic N) is 4. The average Bonchev–Trinajstić information content (AvgIpc) is 3.48. The van der Waals surface area contributed by atoms with Crippen molar-refractivity contribution in [3.05, 3.63) is 74.0 Å². The first-order valence-electron chi connectivity index (χ1n) is 11.2. The lowest BCUT2D eigenvalue weighted by atomic mass is 9.89. The Morgan fingerprint density at radius 3 is 2.76 bits per heavy atom. The third kappa shape index (κ3) is 6.19. The van der Waals surface area contributed by atoms with Gasteiger partial charge in [0.1, 0.15) is 6.04 Å². The van der Waals surface area contributed by atoms with Gasteiger partial charge in [-0.3, -0.25) is 4.99 Å². The van der Waals surface area contributed by atoms with Gasteiger partial charge in [0.25, 0.3) is 0 Å². The number of hydrogen-bond acceptors (Lipinski definition) is 9. The number of amidine groups is 1. The van der Waals surface area contributed by atoms with Gasteiger partial charge in [-0.2, -0.15) is 8.78 Å². The Morgan fingerprint density at radius 1 is 1.39 bits per heavy atom. The zero-order valence-corrected chi connectivity index (χ0v) is 22.6. The van der Waals surface area contributed by atoms with Crippen LogP contribution < -0.4 is 15.8 Å². The molecular weight excluding hydrogens is 560 g/mol. The van der Waals surface area contributed by atoms with Crippen LogP contribution in [0.2, 0.25) is 5.02 Å². The summed E-state index contributed by atoms with van der Waals surface area (Å²) in [7, 11) is -3.78. The Bertz CT molecular complexity index is 1460. The van der Waals surface area contributed by atoms with E-state index in [2.05, 4.69) is 15.3 Å². The van der Waals surface area contributed by atoms with Gasteiger partial charge in [0.05, 0.1) is 12.3 Å². The van der Waals surface area contributed by atoms with E-state index in [1.807, 2.05) is 28.7 Å². The zero-order valence-electron chi connectivity index (χ0n) is 20.2. The molecule has 2 atom stereocenters. The second-order valence-corrected chi connectivity index (χ2v) is 11.7. The van der Waals surface area contributed by atoms with E-state index in [0.717, 1.165) is 18.0 Å². The summed E-state index contributed by atoms with van der Waals surface area (Å²) in [6.07, 6.45) is 4.87. The molecule has 202 valence electrons. The lowest BCUT2D eigenvalue weighted by Crippen LogP contribution is -2.45. The van der Waals surface area contributed by atoms with E-state index < -0.39 is 34.7 Å². The molecule has 38 heavy (non-hydrogen) atoms. The molecule has 0 saturated carbocycles. The van der Waals surface area contributed by atoms with Crippen LogP contribution in [0.3, 0.4) is 0 Å². The van der Waals surface area contributed by atoms with E-state index in [4.69, 9.17) is 22.3 Å². The number of nitrogens with two attached hydrogens (primary N) is 1. The molecule has 1 saturated heterocycles. The highest BCUT2D eigenvalue weighted by Crippen LogP contribution is 2.44. The van der Waals surface area contributed by atoms with Crippen molar-refractivity contribution in [2.45, 2.75) is 32.0 Å². The largest absolute Gasteiger partial charge is 0.404 e. The minimum Gasteiger partial charge on any atom is -0.404 e. The van der Waals surface area contributed by atoms with Crippen LogP contribution >= 0.6 is 22.9 Å². The summed E-state index contributed by atoms with van der Waals surface area (Å²) in [5.74, 6) is 0.496. The number of urea groups is 1. The van der Waals surface area contributed by atoms with Crippen LogP contribution in [0, 0.1) is 6.92 Å². The smallest absolute Gasteiger partial charge is 0.331 e. The fourth-order valence-corrected chi connectivity index (χ4v) is 5.72. The fraction of sp³-hybridized carbons (Fsp3) is 0.304. The predicted octanol–water partition coefficient (Wildman–Crippen LogP) is 3.33. The molecule has 3 heterocycles. The van der Waals surface area contributed by atoms with Gasteiger partial charge < -0.3 is 16.0 Å². The molecule has 2 aliphatic rings. The van der Waals surface area contributed by atoms with Gasteiger partial charge in [-0.1, -0.05) is 23.7 Å². The van der Waals surface area contributed by atoms with Crippen LogP contribution in [0.1, 0.15) is 28.6 Å². The van der Waals surface area contributed by atoms with Crippen molar-refractivity contribution in [2.24, 2.45) is 15.7 Å². The Balaban J connectivity index is 1.87. The number of thiazole rings is 1. The van der Waals surface area contributed by atoms with Crippen LogP contribution in [0.5, 0.6) is 0 Å². The first-order chi connectivity index (χ1) is 18.0. The number of amides is 2. The van der Waals surface area contributed by atoms with E-state index >= 15 is 0 Å². The Hall–Kier alpha value is -3.36. The van der Waals surface area contributed by atoms with Gasteiger partial charge in [0.2, 0.25) is 10.0 Å². The van der Waals surface area contributed by atoms with Gasteiger partial charge in [-0.15, -0.1) is 11.3 Å². The number of alkyl halides is 2. The quantitative estimate of drug-likeness (QED) is 0.337. The molecule has 4 rings (SSSR count). The van der Waals surface area contributed by atoms with Gasteiger partial charge in [-0.25, -0.2) is 27.9 Å². The van der Waals surface area contributed by atoms with Crippen LogP contribution in [-0.4, -0.2) is 61.8 Å². The van der Waals surface area contributed by atoms with E-state index in [0.29, 0.717) is 32.7 Å². The lowest BCUT2D eigenvalue weighted by molar-refractivity contribution is 0.160. The van der Waals surface area contributed by atoms with E-state index in [9.17, 15) is 22.0 Å². The molecule has 10 nitrogen and oxygen atoms in total. The van der Waals surface area contributed by atoms with Crippen LogP contribution in [0.4, 0.5) is 13.6 Å². The molecule has 2 aliphatic heterocycles. The minimum absolute atomic E-state index is 0.204. The number of aryl methyl sites for hydroxylation is 1. The molecule has 2 amide bonds. The number of nitrogens with one attached hydrogen (secondary N) is 2. The van der Waals surface area contributed by atoms with Crippen molar-refractivity contribution in [2.75, 3.05) is 12.8 Å². The van der Waals surface area contributed by atoms with Gasteiger partial charge in [0.15, 0.2) is 10.8 Å². The lowest BCUT2D eigenvalue weighted by Gasteiger charge is -2.33. The summed E-state index contributed by atoms with van der Waals surface area (Å²) in [4.78, 5) is 26.7. The number of benzene rings is 1. The van der Waals surface area contributed by atoms with Crippen LogP contribution in [0.15, 0.2) is 62.8 Å². The molecule has 1 aromatic heterocycles. The summed E-state index contributed by atoms with van der Waals surface area (Å²) < 4.78 is 51.0. The third-order valence-corrected chi connectivity index (χ3v) is 7.42. The van der Waals surface area contributed by atoms with Crippen LogP contribution in [-0.2, 0) is 10.0 Å². The number of hydrogen-bond donors (Lipinski definition) is 3. The second kappa shape index (κ2) is 11.2. The minimum atomic E-state index is -3.78. The van der Waals surface area contributed by atoms with Crippen molar-refractivity contribution < 1.29 is 22.0 Å². The first kappa shape index (κ1) is 27.7. The monoisotopic (exact) mass is 583 g/mol. The number of carbonyl (C=O) groups is 1. The molecule has 4 N–H and O–H groups in total. The molecule has 0 spiro atoms. The van der Waals surface area contributed by atoms with E-state index in [1.54, 1.807) is 17.6 Å². The van der Waals surface area contributed by atoms with Crippen molar-refractivity contribution in [1.82, 2.24) is 19.9 Å². The van der Waals surface area contributed by atoms with Crippen molar-refractivity contribution >= 4 is 51.0 Å². The summed E-state index contributed by atoms with van der Waals surface area (Å²) in [5, 5.41) is 5.45. The third-order valence-electron chi connectivity index (χ3n) is 5.76. The van der Waals surface area contributed by atoms with Gasteiger partial charge in [-0.05, 0) is 24.1 Å². The molecule has 0 bridgehead atoms. The van der Waals surface area contributed by atoms with Crippen molar-refractivity contribution in [1.29, 1.82) is 0 Å². The molecule has 1 fully saturated rings. The highest BCUT2D eigenvalue weighted by molar-refractivity contribution is 7.89. The summed E-state index contributed by atoms with van der Waals surface area (Å²) in [5.41, 5.74) is 8.76. The number of carbonyl (C=O) groups excluding carboxylic acids is 1. The summed E-state index contributed by atoms with van der Waals surface area (Å²) in [6, 6.07) is 3.25. The molecule has 2 aromatic rings. The number of sulfonamides is 1. The average molecular weight is 584 g/mol. The topological polar surface area (TPSA) is 142 Å². The maximum absolute atomic E-state index is 13.0. The van der Waals surface area contributed by atoms with Crippen molar-refractivity contribution in [3.8, 4) is 0 Å². The maximum Gasteiger partial charge on any atom is 0.331 e. The van der Waals surface area contributed by atoms with Gasteiger partial charge in [0, 0.05) is 58.8 Å². The maximum atomic E-state index is 13.0. The number of aromatic nitrogens is 1. The highest BCUT2D eigenvalue weighted by Gasteiger charge is 2.41. The molecule has 1 unspecified atom stereocenters. The number of fused-ring (bicyclic) bond motifs is 1. The number of aliphatic imine (C=N–C) groups is 2. The number of rotatable bonds is 7. The molecule has 15 heteroatoms. The Labute approximate surface area is 227 Å². The van der Waals surface area contributed by atoms with Gasteiger partial charge >= 0.3 is 12.6 Å². The Kier molecular flexibility index (Phi) is 8.13. The van der Waals surface area contributed by atoms with E-state index in [-0.39, 0.29) is 18.5 Å². The molecule has 0 aliphatic carbocycles. The Morgan fingerprint density at radius 2 is 2.16 bits per heavy atom. The molecule has 1 aromatic carbocycles. The molecule has 0 radical (unpaired) electrons. The normalized spacial score (nSPS) is 20.2. The van der Waals surface area contributed by atoms with Crippen LogP contribution in [0.25, 0.3) is 0 Å². The fourth-order valence-electron chi connectivity index (χ4n) is 4.35. The summed E-state index contributed by atoms with van der Waals surface area (Å²) >= 11 is 7.98. The highest BCUT2D eigenvalue weighted by atomic mass is 35.5. The SMILES string of the molecule is Cc1ccc([C@@H]2N=C(c3nccs3)N3CC(NC(=O)NS(C)(=O)=O)CC3=C2C(C=NC(F)F)=CN)c(Cl)c1. The van der Waals surface area contributed by atoms with E-state index in [1.165, 1.54) is 17.5 Å². The number of halogens is 3.